The van der Waals surface area contributed by atoms with Crippen LogP contribution in [-0.2, 0) is 0 Å². The van der Waals surface area contributed by atoms with Crippen molar-refractivity contribution in [3.63, 3.8) is 0 Å². The van der Waals surface area contributed by atoms with Gasteiger partial charge in [-0.25, -0.2) is 0 Å². The summed E-state index contributed by atoms with van der Waals surface area (Å²) in [6.45, 7) is 4.48. The van der Waals surface area contributed by atoms with E-state index in [1.54, 1.807) is 0 Å². The largest absolute Gasteiger partial charge is 0.351 e. The number of alkyl halides is 1. The van der Waals surface area contributed by atoms with Gasteiger partial charge >= 0.3 is 0 Å². The van der Waals surface area contributed by atoms with Crippen molar-refractivity contribution in [3.8, 4) is 0 Å². The minimum absolute atomic E-state index is 0.0923. The Labute approximate surface area is 110 Å². The summed E-state index contributed by atoms with van der Waals surface area (Å²) in [5, 5.41) is 5.44. The minimum atomic E-state index is -0.0923. The van der Waals surface area contributed by atoms with E-state index in [4.69, 9.17) is 23.2 Å². The zero-order chi connectivity index (χ0) is 12.1. The van der Waals surface area contributed by atoms with Crippen LogP contribution in [0.1, 0.15) is 35.0 Å². The summed E-state index contributed by atoms with van der Waals surface area (Å²) in [6.07, 6.45) is 1.79. The Hall–Kier alpha value is -0.250. The number of carbonyl (C=O) groups excluding carboxylic acids is 1. The van der Waals surface area contributed by atoms with Crippen LogP contribution in [0.2, 0.25) is 5.02 Å². The maximum Gasteiger partial charge on any atom is 0.262 e. The second-order valence-electron chi connectivity index (χ2n) is 3.74. The number of rotatable bonds is 5. The lowest BCUT2D eigenvalue weighted by atomic mass is 10.2. The van der Waals surface area contributed by atoms with Gasteiger partial charge in [0.1, 0.15) is 4.88 Å². The first kappa shape index (κ1) is 13.8. The number of aryl methyl sites for hydroxylation is 1. The Kier molecular flexibility index (Phi) is 5.59. The fourth-order valence-electron chi connectivity index (χ4n) is 1.25. The third-order valence-corrected chi connectivity index (χ3v) is 4.08. The smallest absolute Gasteiger partial charge is 0.262 e. The number of hydrogen-bond acceptors (Lipinski definition) is 2. The van der Waals surface area contributed by atoms with Crippen molar-refractivity contribution in [2.75, 3.05) is 6.54 Å². The lowest BCUT2D eigenvalue weighted by molar-refractivity contribution is 0.0957. The fourth-order valence-corrected chi connectivity index (χ4v) is 2.60. The molecule has 1 aromatic rings. The van der Waals surface area contributed by atoms with E-state index in [-0.39, 0.29) is 11.3 Å². The van der Waals surface area contributed by atoms with Crippen molar-refractivity contribution < 1.29 is 4.79 Å². The molecule has 0 saturated carbocycles. The van der Waals surface area contributed by atoms with Crippen molar-refractivity contribution >= 4 is 40.4 Å². The van der Waals surface area contributed by atoms with Crippen LogP contribution in [0.25, 0.3) is 0 Å². The molecule has 1 unspecified atom stereocenters. The standard InChI is InChI=1S/C11H15Cl2NOS/c1-7-6-16-10(9(7)13)11(15)14-5-3-4-8(2)12/h6,8H,3-5H2,1-2H3,(H,14,15). The first-order valence-electron chi connectivity index (χ1n) is 5.18. The molecule has 0 radical (unpaired) electrons. The molecule has 0 aliphatic rings. The second kappa shape index (κ2) is 6.48. The first-order chi connectivity index (χ1) is 7.52. The summed E-state index contributed by atoms with van der Waals surface area (Å²) in [5.41, 5.74) is 0.950. The van der Waals surface area contributed by atoms with Crippen LogP contribution in [-0.4, -0.2) is 17.8 Å². The van der Waals surface area contributed by atoms with Gasteiger partial charge in [0.2, 0.25) is 0 Å². The van der Waals surface area contributed by atoms with Gasteiger partial charge in [-0.3, -0.25) is 4.79 Å². The maximum atomic E-state index is 11.7. The fraction of sp³-hybridized carbons (Fsp3) is 0.545. The summed E-state index contributed by atoms with van der Waals surface area (Å²) >= 11 is 13.2. The monoisotopic (exact) mass is 279 g/mol. The van der Waals surface area contributed by atoms with Gasteiger partial charge in [-0.15, -0.1) is 22.9 Å². The van der Waals surface area contributed by atoms with Gasteiger partial charge in [0.25, 0.3) is 5.91 Å². The Morgan fingerprint density at radius 1 is 1.62 bits per heavy atom. The van der Waals surface area contributed by atoms with Gasteiger partial charge in [0.15, 0.2) is 0 Å². The molecule has 1 heterocycles. The number of nitrogens with one attached hydrogen (secondary N) is 1. The van der Waals surface area contributed by atoms with Crippen LogP contribution < -0.4 is 5.32 Å². The number of halogens is 2. The van der Waals surface area contributed by atoms with Crippen LogP contribution in [0.4, 0.5) is 0 Å². The maximum absolute atomic E-state index is 11.7. The molecule has 0 saturated heterocycles. The average molecular weight is 280 g/mol. The highest BCUT2D eigenvalue weighted by Gasteiger charge is 2.13. The van der Waals surface area contributed by atoms with Crippen molar-refractivity contribution in [3.05, 3.63) is 20.8 Å². The molecule has 1 N–H and O–H groups in total. The van der Waals surface area contributed by atoms with Gasteiger partial charge in [-0.05, 0) is 37.6 Å². The lowest BCUT2D eigenvalue weighted by Crippen LogP contribution is -2.24. The molecular formula is C11H15Cl2NOS. The molecule has 1 aromatic heterocycles. The van der Waals surface area contributed by atoms with Crippen molar-refractivity contribution in [1.29, 1.82) is 0 Å². The molecule has 0 aliphatic carbocycles. The predicted octanol–water partition coefficient (Wildman–Crippen LogP) is 3.85. The summed E-state index contributed by atoms with van der Waals surface area (Å²) in [4.78, 5) is 12.3. The van der Waals surface area contributed by atoms with Crippen molar-refractivity contribution in [2.45, 2.75) is 32.1 Å². The molecule has 1 atom stereocenters. The molecule has 5 heteroatoms. The number of amides is 1. The highest BCUT2D eigenvalue weighted by Crippen LogP contribution is 2.26. The Balaban J connectivity index is 2.39. The van der Waals surface area contributed by atoms with Crippen LogP contribution in [0.15, 0.2) is 5.38 Å². The van der Waals surface area contributed by atoms with Crippen LogP contribution in [0.5, 0.6) is 0 Å². The van der Waals surface area contributed by atoms with E-state index in [0.717, 1.165) is 18.4 Å². The first-order valence-corrected chi connectivity index (χ1v) is 6.87. The molecule has 2 nitrogen and oxygen atoms in total. The Morgan fingerprint density at radius 3 is 2.81 bits per heavy atom. The van der Waals surface area contributed by atoms with E-state index in [0.29, 0.717) is 16.4 Å². The molecule has 0 aromatic carbocycles. The summed E-state index contributed by atoms with van der Waals surface area (Å²) in [6, 6.07) is 0. The molecule has 0 spiro atoms. The normalized spacial score (nSPS) is 12.5. The molecule has 0 aliphatic heterocycles. The average Bonchev–Trinajstić information content (AvgIpc) is 2.54. The molecular weight excluding hydrogens is 265 g/mol. The third kappa shape index (κ3) is 3.96. The summed E-state index contributed by atoms with van der Waals surface area (Å²) in [7, 11) is 0. The Bertz CT molecular complexity index is 363. The lowest BCUT2D eigenvalue weighted by Gasteiger charge is -2.05. The molecule has 90 valence electrons. The van der Waals surface area contributed by atoms with Gasteiger partial charge in [0, 0.05) is 11.9 Å². The number of thiophene rings is 1. The zero-order valence-corrected chi connectivity index (χ0v) is 11.7. The van der Waals surface area contributed by atoms with Gasteiger partial charge in [-0.2, -0.15) is 0 Å². The van der Waals surface area contributed by atoms with E-state index < -0.39 is 0 Å². The highest BCUT2D eigenvalue weighted by molar-refractivity contribution is 7.13. The molecule has 1 rings (SSSR count). The van der Waals surface area contributed by atoms with Gasteiger partial charge in [-0.1, -0.05) is 11.6 Å². The second-order valence-corrected chi connectivity index (χ2v) is 5.74. The van der Waals surface area contributed by atoms with Gasteiger partial charge < -0.3 is 5.32 Å². The molecule has 0 bridgehead atoms. The topological polar surface area (TPSA) is 29.1 Å². The quantitative estimate of drug-likeness (QED) is 0.644. The van der Waals surface area contributed by atoms with E-state index in [1.165, 1.54) is 11.3 Å². The summed E-state index contributed by atoms with van der Waals surface area (Å²) in [5.74, 6) is -0.0923. The number of carbonyl (C=O) groups is 1. The van der Waals surface area contributed by atoms with E-state index >= 15 is 0 Å². The predicted molar refractivity (Wildman–Crippen MR) is 70.9 cm³/mol. The van der Waals surface area contributed by atoms with E-state index in [2.05, 4.69) is 5.32 Å². The van der Waals surface area contributed by atoms with Gasteiger partial charge in [0.05, 0.1) is 5.02 Å². The molecule has 0 fully saturated rings. The molecule has 16 heavy (non-hydrogen) atoms. The Morgan fingerprint density at radius 2 is 2.31 bits per heavy atom. The SMILES string of the molecule is Cc1csc(C(=O)NCCCC(C)Cl)c1Cl. The highest BCUT2D eigenvalue weighted by atomic mass is 35.5. The number of hydrogen-bond donors (Lipinski definition) is 1. The van der Waals surface area contributed by atoms with E-state index in [1.807, 2.05) is 19.2 Å². The van der Waals surface area contributed by atoms with Crippen LogP contribution >= 0.6 is 34.5 Å². The van der Waals surface area contributed by atoms with E-state index in [9.17, 15) is 4.79 Å². The molecule has 1 amide bonds. The van der Waals surface area contributed by atoms with Crippen LogP contribution in [0, 0.1) is 6.92 Å². The van der Waals surface area contributed by atoms with Crippen molar-refractivity contribution in [2.24, 2.45) is 0 Å². The van der Waals surface area contributed by atoms with Crippen molar-refractivity contribution in [1.82, 2.24) is 5.32 Å². The summed E-state index contributed by atoms with van der Waals surface area (Å²) < 4.78 is 0. The zero-order valence-electron chi connectivity index (χ0n) is 9.35. The third-order valence-electron chi connectivity index (χ3n) is 2.17. The van der Waals surface area contributed by atoms with Crippen LogP contribution in [0.3, 0.4) is 0 Å². The minimum Gasteiger partial charge on any atom is -0.351 e.